The molecule has 0 amide bonds. The number of rotatable bonds is 3. The van der Waals surface area contributed by atoms with Crippen LogP contribution in [0, 0.1) is 0 Å². The van der Waals surface area contributed by atoms with Crippen LogP contribution < -0.4 is 5.73 Å². The minimum Gasteiger partial charge on any atom is -0.397 e. The normalized spacial score (nSPS) is 11.6. The fourth-order valence-corrected chi connectivity index (χ4v) is 3.63. The molecule has 19 heavy (non-hydrogen) atoms. The van der Waals surface area contributed by atoms with Crippen LogP contribution in [0.3, 0.4) is 0 Å². The second-order valence-corrected chi connectivity index (χ2v) is 7.29. The van der Waals surface area contributed by atoms with E-state index in [4.69, 9.17) is 28.9 Å². The standard InChI is InChI=1S/C15H15Cl2NS/c1-15(2,11-5-3-4-6-12(11)16)19-10-7-8-13(17)14(18)9-10/h3-9H,18H2,1-2H3. The zero-order valence-electron chi connectivity index (χ0n) is 10.8. The monoisotopic (exact) mass is 311 g/mol. The minimum absolute atomic E-state index is 0.140. The highest BCUT2D eigenvalue weighted by Gasteiger charge is 2.24. The van der Waals surface area contributed by atoms with Crippen LogP contribution in [0.15, 0.2) is 47.4 Å². The maximum absolute atomic E-state index is 6.27. The van der Waals surface area contributed by atoms with Gasteiger partial charge in [-0.3, -0.25) is 0 Å². The lowest BCUT2D eigenvalue weighted by atomic mass is 10.0. The molecule has 1 nitrogen and oxygen atoms in total. The first-order chi connectivity index (χ1) is 8.90. The van der Waals surface area contributed by atoms with E-state index in [-0.39, 0.29) is 4.75 Å². The highest BCUT2D eigenvalue weighted by atomic mass is 35.5. The zero-order chi connectivity index (χ0) is 14.0. The molecular weight excluding hydrogens is 297 g/mol. The Kier molecular flexibility index (Phi) is 4.34. The summed E-state index contributed by atoms with van der Waals surface area (Å²) in [5.74, 6) is 0. The van der Waals surface area contributed by atoms with Crippen molar-refractivity contribution >= 4 is 40.7 Å². The predicted molar refractivity (Wildman–Crippen MR) is 86.2 cm³/mol. The third-order valence-electron chi connectivity index (χ3n) is 2.86. The van der Waals surface area contributed by atoms with Crippen LogP contribution in [-0.2, 0) is 4.75 Å². The minimum atomic E-state index is -0.140. The molecule has 0 atom stereocenters. The van der Waals surface area contributed by atoms with Crippen LogP contribution in [0.2, 0.25) is 10.0 Å². The van der Waals surface area contributed by atoms with E-state index in [9.17, 15) is 0 Å². The van der Waals surface area contributed by atoms with Crippen LogP contribution in [0.25, 0.3) is 0 Å². The number of benzene rings is 2. The Bertz CT molecular complexity index is 596. The number of hydrogen-bond donors (Lipinski definition) is 1. The third kappa shape index (κ3) is 3.38. The van der Waals surface area contributed by atoms with Gasteiger partial charge in [0.25, 0.3) is 0 Å². The Balaban J connectivity index is 2.31. The molecule has 2 aromatic carbocycles. The molecule has 0 saturated carbocycles. The second kappa shape index (κ2) is 5.66. The molecule has 2 rings (SSSR count). The Morgan fingerprint density at radius 2 is 1.68 bits per heavy atom. The molecule has 2 N–H and O–H groups in total. The van der Waals surface area contributed by atoms with Gasteiger partial charge in [0.15, 0.2) is 0 Å². The molecule has 0 radical (unpaired) electrons. The lowest BCUT2D eigenvalue weighted by molar-refractivity contribution is 0.782. The molecule has 0 aliphatic carbocycles. The van der Waals surface area contributed by atoms with Crippen LogP contribution >= 0.6 is 35.0 Å². The van der Waals surface area contributed by atoms with E-state index in [1.165, 1.54) is 0 Å². The summed E-state index contributed by atoms with van der Waals surface area (Å²) in [6.07, 6.45) is 0. The van der Waals surface area contributed by atoms with Gasteiger partial charge < -0.3 is 5.73 Å². The molecular formula is C15H15Cl2NS. The van der Waals surface area contributed by atoms with Crippen LogP contribution in [0.4, 0.5) is 5.69 Å². The average molecular weight is 312 g/mol. The van der Waals surface area contributed by atoms with Crippen molar-refractivity contribution in [1.82, 2.24) is 0 Å². The van der Waals surface area contributed by atoms with Gasteiger partial charge in [0, 0.05) is 14.7 Å². The second-order valence-electron chi connectivity index (χ2n) is 4.78. The number of halogens is 2. The van der Waals surface area contributed by atoms with Gasteiger partial charge in [-0.1, -0.05) is 41.4 Å². The molecule has 0 heterocycles. The molecule has 0 fully saturated rings. The molecule has 0 aliphatic rings. The quantitative estimate of drug-likeness (QED) is 0.589. The number of nitrogens with two attached hydrogens (primary N) is 1. The van der Waals surface area contributed by atoms with Crippen molar-refractivity contribution < 1.29 is 0 Å². The van der Waals surface area contributed by atoms with Crippen molar-refractivity contribution in [2.75, 3.05) is 5.73 Å². The van der Waals surface area contributed by atoms with E-state index in [1.54, 1.807) is 11.8 Å². The number of thioether (sulfide) groups is 1. The highest BCUT2D eigenvalue weighted by Crippen LogP contribution is 2.44. The van der Waals surface area contributed by atoms with Crippen LogP contribution in [0.1, 0.15) is 19.4 Å². The lowest BCUT2D eigenvalue weighted by Gasteiger charge is -2.26. The van der Waals surface area contributed by atoms with Gasteiger partial charge in [-0.25, -0.2) is 0 Å². The number of hydrogen-bond acceptors (Lipinski definition) is 2. The summed E-state index contributed by atoms with van der Waals surface area (Å²) in [5, 5.41) is 1.36. The summed E-state index contributed by atoms with van der Waals surface area (Å²) >= 11 is 13.9. The van der Waals surface area contributed by atoms with Gasteiger partial charge in [0.05, 0.1) is 10.7 Å². The van der Waals surface area contributed by atoms with E-state index in [0.29, 0.717) is 10.7 Å². The van der Waals surface area contributed by atoms with Gasteiger partial charge in [-0.15, -0.1) is 11.8 Å². The fourth-order valence-electron chi connectivity index (χ4n) is 1.88. The van der Waals surface area contributed by atoms with Crippen LogP contribution in [0.5, 0.6) is 0 Å². The summed E-state index contributed by atoms with van der Waals surface area (Å²) in [6, 6.07) is 13.6. The largest absolute Gasteiger partial charge is 0.397 e. The molecule has 0 saturated heterocycles. The van der Waals surface area contributed by atoms with Gasteiger partial charge in [0.2, 0.25) is 0 Å². The Morgan fingerprint density at radius 3 is 2.32 bits per heavy atom. The first-order valence-corrected chi connectivity index (χ1v) is 7.46. The summed E-state index contributed by atoms with van der Waals surface area (Å²) in [5.41, 5.74) is 7.54. The van der Waals surface area contributed by atoms with Gasteiger partial charge in [-0.05, 0) is 43.7 Å². The van der Waals surface area contributed by atoms with Crippen molar-refractivity contribution in [3.8, 4) is 0 Å². The maximum Gasteiger partial charge on any atom is 0.0636 e. The van der Waals surface area contributed by atoms with Crippen molar-refractivity contribution in [3.05, 3.63) is 58.1 Å². The Hall–Kier alpha value is -0.830. The van der Waals surface area contributed by atoms with E-state index < -0.39 is 0 Å². The molecule has 2 aromatic rings. The summed E-state index contributed by atoms with van der Waals surface area (Å²) in [4.78, 5) is 1.08. The number of nitrogen functional groups attached to an aromatic ring is 1. The van der Waals surface area contributed by atoms with E-state index in [0.717, 1.165) is 15.5 Å². The molecule has 0 unspecified atom stereocenters. The fraction of sp³-hybridized carbons (Fsp3) is 0.200. The van der Waals surface area contributed by atoms with Crippen molar-refractivity contribution in [3.63, 3.8) is 0 Å². The van der Waals surface area contributed by atoms with Crippen molar-refractivity contribution in [2.24, 2.45) is 0 Å². The number of anilines is 1. The molecule has 0 bridgehead atoms. The van der Waals surface area contributed by atoms with Crippen molar-refractivity contribution in [2.45, 2.75) is 23.5 Å². The summed E-state index contributed by atoms with van der Waals surface area (Å²) in [7, 11) is 0. The van der Waals surface area contributed by atoms with Crippen LogP contribution in [-0.4, -0.2) is 0 Å². The zero-order valence-corrected chi connectivity index (χ0v) is 13.1. The molecule has 100 valence electrons. The first kappa shape index (κ1) is 14.6. The third-order valence-corrected chi connectivity index (χ3v) is 4.76. The lowest BCUT2D eigenvalue weighted by Crippen LogP contribution is -2.12. The van der Waals surface area contributed by atoms with E-state index in [1.807, 2.05) is 36.4 Å². The summed E-state index contributed by atoms with van der Waals surface area (Å²) < 4.78 is -0.140. The Morgan fingerprint density at radius 1 is 1.00 bits per heavy atom. The maximum atomic E-state index is 6.27. The van der Waals surface area contributed by atoms with E-state index in [2.05, 4.69) is 19.9 Å². The van der Waals surface area contributed by atoms with Crippen molar-refractivity contribution in [1.29, 1.82) is 0 Å². The molecule has 0 aliphatic heterocycles. The summed E-state index contributed by atoms with van der Waals surface area (Å²) in [6.45, 7) is 4.29. The van der Waals surface area contributed by atoms with E-state index >= 15 is 0 Å². The SMILES string of the molecule is CC(C)(Sc1ccc(Cl)c(N)c1)c1ccccc1Cl. The van der Waals surface area contributed by atoms with Gasteiger partial charge in [0.1, 0.15) is 0 Å². The topological polar surface area (TPSA) is 26.0 Å². The molecule has 0 aromatic heterocycles. The van der Waals surface area contributed by atoms with Gasteiger partial charge in [-0.2, -0.15) is 0 Å². The average Bonchev–Trinajstić information content (AvgIpc) is 2.34. The first-order valence-electron chi connectivity index (χ1n) is 5.89. The molecule has 0 spiro atoms. The predicted octanol–water partition coefficient (Wildman–Crippen LogP) is 5.60. The molecule has 4 heteroatoms. The smallest absolute Gasteiger partial charge is 0.0636 e. The van der Waals surface area contributed by atoms with Gasteiger partial charge >= 0.3 is 0 Å². The highest BCUT2D eigenvalue weighted by molar-refractivity contribution is 8.00. The Labute approximate surface area is 128 Å².